The third-order valence-corrected chi connectivity index (χ3v) is 11.1. The highest BCUT2D eigenvalue weighted by Crippen LogP contribution is 2.51. The van der Waals surface area contributed by atoms with E-state index < -0.39 is 0 Å². The Labute approximate surface area is 310 Å². The van der Waals surface area contributed by atoms with Crippen molar-refractivity contribution in [2.45, 2.75) is 19.3 Å². The number of furan rings is 1. The molecule has 10 rings (SSSR count). The van der Waals surface area contributed by atoms with E-state index in [2.05, 4.69) is 201 Å². The van der Waals surface area contributed by atoms with Gasteiger partial charge in [0.1, 0.15) is 5.58 Å². The van der Waals surface area contributed by atoms with E-state index in [4.69, 9.17) is 4.42 Å². The summed E-state index contributed by atoms with van der Waals surface area (Å²) in [5.74, 6) is 0. The van der Waals surface area contributed by atoms with Crippen LogP contribution in [-0.4, -0.2) is 0 Å². The molecule has 53 heavy (non-hydrogen) atoms. The van der Waals surface area contributed by atoms with E-state index in [-0.39, 0.29) is 5.41 Å². The molecule has 1 heterocycles. The molecule has 2 nitrogen and oxygen atoms in total. The summed E-state index contributed by atoms with van der Waals surface area (Å²) in [5, 5.41) is 2.21. The van der Waals surface area contributed by atoms with Gasteiger partial charge in [-0.2, -0.15) is 0 Å². The van der Waals surface area contributed by atoms with Crippen LogP contribution in [0.25, 0.3) is 66.4 Å². The molecule has 0 unspecified atom stereocenters. The fourth-order valence-corrected chi connectivity index (χ4v) is 8.32. The molecule has 0 saturated heterocycles. The van der Waals surface area contributed by atoms with Crippen molar-refractivity contribution in [3.8, 4) is 44.5 Å². The highest BCUT2D eigenvalue weighted by Gasteiger charge is 2.35. The van der Waals surface area contributed by atoms with Crippen molar-refractivity contribution >= 4 is 39.0 Å². The van der Waals surface area contributed by atoms with Crippen molar-refractivity contribution in [1.29, 1.82) is 0 Å². The Morgan fingerprint density at radius 3 is 1.58 bits per heavy atom. The first kappa shape index (κ1) is 31.1. The molecule has 0 radical (unpaired) electrons. The second-order valence-electron chi connectivity index (χ2n) is 14.6. The van der Waals surface area contributed by atoms with Gasteiger partial charge in [-0.15, -0.1) is 0 Å². The van der Waals surface area contributed by atoms with Crippen molar-refractivity contribution in [3.63, 3.8) is 0 Å². The quantitative estimate of drug-likeness (QED) is 0.174. The second kappa shape index (κ2) is 12.3. The molecule has 0 aliphatic heterocycles. The van der Waals surface area contributed by atoms with E-state index in [0.29, 0.717) is 0 Å². The van der Waals surface area contributed by atoms with E-state index in [1.165, 1.54) is 50.1 Å². The number of rotatable bonds is 6. The summed E-state index contributed by atoms with van der Waals surface area (Å²) in [6, 6.07) is 67.8. The summed E-state index contributed by atoms with van der Waals surface area (Å²) >= 11 is 0. The van der Waals surface area contributed by atoms with Crippen LogP contribution < -0.4 is 4.90 Å². The molecule has 1 aliphatic rings. The maximum atomic E-state index is 6.79. The fourth-order valence-electron chi connectivity index (χ4n) is 8.32. The Balaban J connectivity index is 1.19. The maximum Gasteiger partial charge on any atom is 0.159 e. The van der Waals surface area contributed by atoms with Crippen molar-refractivity contribution in [1.82, 2.24) is 0 Å². The SMILES string of the molecule is CC1(C)c2ccccc2-c2ccc(-c3cc(N(c4ccc(-c5ccccc5)cc4)c4ccc(-c5ccccc5)cc4)c4oc5ccccc5c4c3)cc21. The van der Waals surface area contributed by atoms with Gasteiger partial charge in [0.15, 0.2) is 5.58 Å². The number of benzene rings is 8. The first-order valence-corrected chi connectivity index (χ1v) is 18.3. The lowest BCUT2D eigenvalue weighted by Gasteiger charge is -2.27. The lowest BCUT2D eigenvalue weighted by Crippen LogP contribution is -2.14. The van der Waals surface area contributed by atoms with Crippen molar-refractivity contribution < 1.29 is 4.42 Å². The third-order valence-electron chi connectivity index (χ3n) is 11.1. The first-order chi connectivity index (χ1) is 26.0. The Morgan fingerprint density at radius 1 is 0.396 bits per heavy atom. The average molecular weight is 680 g/mol. The van der Waals surface area contributed by atoms with Crippen LogP contribution in [0.1, 0.15) is 25.0 Å². The van der Waals surface area contributed by atoms with Crippen LogP contribution in [0.15, 0.2) is 192 Å². The Morgan fingerprint density at radius 2 is 0.925 bits per heavy atom. The number of para-hydroxylation sites is 1. The summed E-state index contributed by atoms with van der Waals surface area (Å²) in [6.07, 6.45) is 0. The standard InChI is InChI=1S/C51H37NO/c1-51(2)46-19-11-9-17-42(46)43-30-25-38(32-47(43)51)39-31-45-44-18-10-12-20-49(44)53-50(45)48(33-39)52(40-26-21-36(22-27-40)34-13-5-3-6-14-34)41-28-23-37(24-29-41)35-15-7-4-8-16-35/h3-33H,1-2H3. The minimum absolute atomic E-state index is 0.0930. The van der Waals surface area contributed by atoms with Gasteiger partial charge in [-0.3, -0.25) is 0 Å². The number of nitrogens with zero attached hydrogens (tertiary/aromatic N) is 1. The molecule has 252 valence electrons. The lowest BCUT2D eigenvalue weighted by atomic mass is 9.81. The molecule has 0 saturated carbocycles. The Hall–Kier alpha value is -6.64. The number of hydrogen-bond acceptors (Lipinski definition) is 2. The molecular formula is C51H37NO. The van der Waals surface area contributed by atoms with Gasteiger partial charge < -0.3 is 9.32 Å². The normalized spacial score (nSPS) is 12.9. The first-order valence-electron chi connectivity index (χ1n) is 18.3. The molecule has 9 aromatic rings. The minimum Gasteiger partial charge on any atom is -0.454 e. The summed E-state index contributed by atoms with van der Waals surface area (Å²) in [5.41, 5.74) is 17.3. The fraction of sp³-hybridized carbons (Fsp3) is 0.0588. The molecule has 0 bridgehead atoms. The van der Waals surface area contributed by atoms with Crippen LogP contribution in [0.2, 0.25) is 0 Å². The minimum atomic E-state index is -0.0930. The van der Waals surface area contributed by atoms with Gasteiger partial charge in [0, 0.05) is 27.6 Å². The van der Waals surface area contributed by atoms with Crippen molar-refractivity contribution in [3.05, 3.63) is 199 Å². The van der Waals surface area contributed by atoms with E-state index >= 15 is 0 Å². The van der Waals surface area contributed by atoms with Gasteiger partial charge in [0.25, 0.3) is 0 Å². The van der Waals surface area contributed by atoms with Gasteiger partial charge in [-0.1, -0.05) is 153 Å². The number of anilines is 3. The second-order valence-corrected chi connectivity index (χ2v) is 14.6. The predicted molar refractivity (Wildman–Crippen MR) is 222 cm³/mol. The van der Waals surface area contributed by atoms with Gasteiger partial charge in [-0.25, -0.2) is 0 Å². The topological polar surface area (TPSA) is 16.4 Å². The molecule has 0 amide bonds. The largest absolute Gasteiger partial charge is 0.454 e. The van der Waals surface area contributed by atoms with E-state index in [1.807, 2.05) is 6.07 Å². The highest BCUT2D eigenvalue weighted by atomic mass is 16.3. The average Bonchev–Trinajstić information content (AvgIpc) is 3.71. The van der Waals surface area contributed by atoms with Crippen LogP contribution in [0.3, 0.4) is 0 Å². The molecule has 0 atom stereocenters. The zero-order chi connectivity index (χ0) is 35.5. The molecule has 0 fully saturated rings. The molecule has 2 heteroatoms. The predicted octanol–water partition coefficient (Wildman–Crippen LogP) is 14.4. The monoisotopic (exact) mass is 679 g/mol. The van der Waals surface area contributed by atoms with Crippen LogP contribution in [0, 0.1) is 0 Å². The van der Waals surface area contributed by atoms with Crippen molar-refractivity contribution in [2.24, 2.45) is 0 Å². The van der Waals surface area contributed by atoms with Crippen LogP contribution in [0.5, 0.6) is 0 Å². The van der Waals surface area contributed by atoms with Crippen molar-refractivity contribution in [2.75, 3.05) is 4.90 Å². The zero-order valence-electron chi connectivity index (χ0n) is 29.8. The van der Waals surface area contributed by atoms with Gasteiger partial charge in [0.2, 0.25) is 0 Å². The molecule has 1 aliphatic carbocycles. The van der Waals surface area contributed by atoms with Gasteiger partial charge >= 0.3 is 0 Å². The van der Waals surface area contributed by atoms with Crippen LogP contribution >= 0.6 is 0 Å². The zero-order valence-corrected chi connectivity index (χ0v) is 29.8. The molecule has 1 aromatic heterocycles. The lowest BCUT2D eigenvalue weighted by molar-refractivity contribution is 0.660. The van der Waals surface area contributed by atoms with E-state index in [9.17, 15) is 0 Å². The summed E-state index contributed by atoms with van der Waals surface area (Å²) < 4.78 is 6.79. The summed E-state index contributed by atoms with van der Waals surface area (Å²) in [6.45, 7) is 4.69. The smallest absolute Gasteiger partial charge is 0.159 e. The van der Waals surface area contributed by atoms with E-state index in [1.54, 1.807) is 0 Å². The van der Waals surface area contributed by atoms with E-state index in [0.717, 1.165) is 44.6 Å². The third kappa shape index (κ3) is 5.18. The highest BCUT2D eigenvalue weighted by molar-refractivity contribution is 6.12. The Bertz CT molecular complexity index is 2690. The molecule has 0 spiro atoms. The van der Waals surface area contributed by atoms with Gasteiger partial charge in [0.05, 0.1) is 5.69 Å². The number of hydrogen-bond donors (Lipinski definition) is 0. The number of fused-ring (bicyclic) bond motifs is 6. The van der Waals surface area contributed by atoms with Crippen LogP contribution in [0.4, 0.5) is 17.1 Å². The molecular weight excluding hydrogens is 643 g/mol. The van der Waals surface area contributed by atoms with Crippen LogP contribution in [-0.2, 0) is 5.41 Å². The molecule has 0 N–H and O–H groups in total. The van der Waals surface area contributed by atoms with Gasteiger partial charge in [-0.05, 0) is 104 Å². The Kier molecular flexibility index (Phi) is 7.19. The summed E-state index contributed by atoms with van der Waals surface area (Å²) in [7, 11) is 0. The molecule has 8 aromatic carbocycles. The maximum absolute atomic E-state index is 6.79. The summed E-state index contributed by atoms with van der Waals surface area (Å²) in [4.78, 5) is 2.35.